The molecule has 0 aliphatic carbocycles. The topological polar surface area (TPSA) is 90.5 Å². The number of aryl methyl sites for hydroxylation is 3. The van der Waals surface area contributed by atoms with Gasteiger partial charge in [0.05, 0.1) is 23.0 Å². The Hall–Kier alpha value is -5.11. The van der Waals surface area contributed by atoms with Gasteiger partial charge in [0, 0.05) is 11.6 Å². The zero-order valence-corrected chi connectivity index (χ0v) is 21.3. The molecular formula is C30H25N7O. The second kappa shape index (κ2) is 9.40. The largest absolute Gasteiger partial charge is 0.306 e. The highest BCUT2D eigenvalue weighted by molar-refractivity contribution is 6.04. The van der Waals surface area contributed by atoms with Gasteiger partial charge in [-0.2, -0.15) is 14.9 Å². The van der Waals surface area contributed by atoms with Gasteiger partial charge in [-0.25, -0.2) is 14.6 Å². The number of carbonyl (C=O) groups excluding carboxylic acids is 1. The fourth-order valence-electron chi connectivity index (χ4n) is 4.60. The average molecular weight is 500 g/mol. The Balaban J connectivity index is 1.33. The van der Waals surface area contributed by atoms with E-state index in [9.17, 15) is 4.79 Å². The third kappa shape index (κ3) is 4.22. The van der Waals surface area contributed by atoms with Crippen molar-refractivity contribution in [3.05, 3.63) is 114 Å². The summed E-state index contributed by atoms with van der Waals surface area (Å²) in [6, 6.07) is 25.6. The third-order valence-electron chi connectivity index (χ3n) is 6.45. The van der Waals surface area contributed by atoms with E-state index in [-0.39, 0.29) is 5.91 Å². The van der Waals surface area contributed by atoms with Crippen molar-refractivity contribution in [2.75, 3.05) is 5.32 Å². The maximum absolute atomic E-state index is 13.2. The van der Waals surface area contributed by atoms with Crippen LogP contribution in [-0.4, -0.2) is 35.4 Å². The number of hydrogen-bond donors (Lipinski definition) is 1. The summed E-state index contributed by atoms with van der Waals surface area (Å²) in [6.45, 7) is 5.98. The van der Waals surface area contributed by atoms with Gasteiger partial charge in [0.1, 0.15) is 12.1 Å². The SMILES string of the molecule is Cc1ccc(-n2ncc3c(-n4nc(C)cc4NC(=O)c4ccc(-c5ccccc5)cc4)ncnc32)c(C)c1. The van der Waals surface area contributed by atoms with Crippen LogP contribution in [0, 0.1) is 20.8 Å². The van der Waals surface area contributed by atoms with Crippen LogP contribution in [0.2, 0.25) is 0 Å². The molecule has 0 bridgehead atoms. The van der Waals surface area contributed by atoms with Crippen molar-refractivity contribution in [3.8, 4) is 22.6 Å². The number of anilines is 1. The summed E-state index contributed by atoms with van der Waals surface area (Å²) in [6.07, 6.45) is 3.22. The minimum atomic E-state index is -0.234. The molecule has 0 spiro atoms. The molecular weight excluding hydrogens is 474 g/mol. The van der Waals surface area contributed by atoms with Gasteiger partial charge in [0.2, 0.25) is 0 Å². The van der Waals surface area contributed by atoms with E-state index in [1.807, 2.05) is 73.7 Å². The van der Waals surface area contributed by atoms with Crippen LogP contribution in [0.15, 0.2) is 91.4 Å². The third-order valence-corrected chi connectivity index (χ3v) is 6.45. The molecule has 0 radical (unpaired) electrons. The molecule has 3 aromatic carbocycles. The fraction of sp³-hybridized carbons (Fsp3) is 0.100. The molecule has 0 aliphatic heterocycles. The fourth-order valence-corrected chi connectivity index (χ4v) is 4.60. The van der Waals surface area contributed by atoms with Crippen molar-refractivity contribution < 1.29 is 4.79 Å². The van der Waals surface area contributed by atoms with Crippen LogP contribution >= 0.6 is 0 Å². The normalized spacial score (nSPS) is 11.1. The lowest BCUT2D eigenvalue weighted by Gasteiger charge is -2.10. The smallest absolute Gasteiger partial charge is 0.256 e. The molecule has 3 heterocycles. The molecule has 8 heteroatoms. The summed E-state index contributed by atoms with van der Waals surface area (Å²) in [5.41, 5.74) is 7.31. The molecule has 0 fully saturated rings. The number of nitrogens with one attached hydrogen (secondary N) is 1. The van der Waals surface area contributed by atoms with E-state index in [2.05, 4.69) is 51.5 Å². The van der Waals surface area contributed by atoms with E-state index in [1.54, 1.807) is 15.6 Å². The Morgan fingerprint density at radius 1 is 0.816 bits per heavy atom. The molecule has 0 aliphatic rings. The molecule has 8 nitrogen and oxygen atoms in total. The van der Waals surface area contributed by atoms with E-state index in [1.165, 1.54) is 11.9 Å². The number of amides is 1. The van der Waals surface area contributed by atoms with Crippen LogP contribution in [0.25, 0.3) is 33.7 Å². The molecule has 1 amide bonds. The van der Waals surface area contributed by atoms with E-state index >= 15 is 0 Å². The van der Waals surface area contributed by atoms with E-state index in [0.29, 0.717) is 22.8 Å². The van der Waals surface area contributed by atoms with Crippen molar-refractivity contribution in [1.82, 2.24) is 29.5 Å². The predicted molar refractivity (Wildman–Crippen MR) is 148 cm³/mol. The van der Waals surface area contributed by atoms with Crippen LogP contribution in [0.4, 0.5) is 5.82 Å². The Morgan fingerprint density at radius 2 is 1.58 bits per heavy atom. The van der Waals surface area contributed by atoms with Gasteiger partial charge in [0.25, 0.3) is 5.91 Å². The van der Waals surface area contributed by atoms with Crippen LogP contribution in [0.3, 0.4) is 0 Å². The quantitative estimate of drug-likeness (QED) is 0.322. The van der Waals surface area contributed by atoms with E-state index in [0.717, 1.165) is 33.5 Å². The number of benzene rings is 3. The predicted octanol–water partition coefficient (Wildman–Crippen LogP) is 5.85. The summed E-state index contributed by atoms with van der Waals surface area (Å²) >= 11 is 0. The molecule has 38 heavy (non-hydrogen) atoms. The highest BCUT2D eigenvalue weighted by Crippen LogP contribution is 2.26. The molecule has 0 unspecified atom stereocenters. The van der Waals surface area contributed by atoms with Crippen LogP contribution in [0.5, 0.6) is 0 Å². The molecule has 0 atom stereocenters. The Kier molecular flexibility index (Phi) is 5.76. The first-order valence-corrected chi connectivity index (χ1v) is 12.3. The van der Waals surface area contributed by atoms with Crippen LogP contribution in [0.1, 0.15) is 27.2 Å². The second-order valence-corrected chi connectivity index (χ2v) is 9.26. The van der Waals surface area contributed by atoms with Gasteiger partial charge in [-0.05, 0) is 55.7 Å². The number of hydrogen-bond acceptors (Lipinski definition) is 5. The molecule has 6 rings (SSSR count). The molecule has 1 N–H and O–H groups in total. The molecule has 186 valence electrons. The zero-order chi connectivity index (χ0) is 26.2. The van der Waals surface area contributed by atoms with Crippen LogP contribution in [-0.2, 0) is 0 Å². The van der Waals surface area contributed by atoms with E-state index in [4.69, 9.17) is 0 Å². The van der Waals surface area contributed by atoms with Crippen molar-refractivity contribution in [2.45, 2.75) is 20.8 Å². The standard InChI is InChI=1S/C30H25N7O/c1-19-9-14-26(20(2)15-19)36-28-25(17-33-36)29(32-18-31-28)37-27(16-21(3)35-37)34-30(38)24-12-10-23(11-13-24)22-7-5-4-6-8-22/h4-18H,1-3H3,(H,34,38). The lowest BCUT2D eigenvalue weighted by molar-refractivity contribution is 0.102. The Labute approximate surface area is 219 Å². The Bertz CT molecular complexity index is 1780. The first kappa shape index (κ1) is 23.3. The lowest BCUT2D eigenvalue weighted by Crippen LogP contribution is -2.15. The second-order valence-electron chi connectivity index (χ2n) is 9.26. The van der Waals surface area contributed by atoms with Gasteiger partial charge in [-0.1, -0.05) is 60.2 Å². The summed E-state index contributed by atoms with van der Waals surface area (Å²) in [7, 11) is 0. The van der Waals surface area contributed by atoms with Gasteiger partial charge < -0.3 is 5.32 Å². The summed E-state index contributed by atoms with van der Waals surface area (Å²) < 4.78 is 3.43. The minimum absolute atomic E-state index is 0.234. The number of carbonyl (C=O) groups is 1. The average Bonchev–Trinajstić information content (AvgIpc) is 3.52. The van der Waals surface area contributed by atoms with Crippen LogP contribution < -0.4 is 5.32 Å². The highest BCUT2D eigenvalue weighted by Gasteiger charge is 2.19. The summed E-state index contributed by atoms with van der Waals surface area (Å²) in [4.78, 5) is 22.2. The maximum atomic E-state index is 13.2. The van der Waals surface area contributed by atoms with E-state index < -0.39 is 0 Å². The highest BCUT2D eigenvalue weighted by atomic mass is 16.1. The van der Waals surface area contributed by atoms with Crippen molar-refractivity contribution in [2.24, 2.45) is 0 Å². The molecule has 3 aromatic heterocycles. The Morgan fingerprint density at radius 3 is 2.34 bits per heavy atom. The van der Waals surface area contributed by atoms with Gasteiger partial charge in [-0.3, -0.25) is 4.79 Å². The summed E-state index contributed by atoms with van der Waals surface area (Å²) in [5, 5.41) is 12.9. The first-order chi connectivity index (χ1) is 18.5. The number of nitrogens with zero attached hydrogens (tertiary/aromatic N) is 6. The molecule has 0 saturated carbocycles. The maximum Gasteiger partial charge on any atom is 0.256 e. The monoisotopic (exact) mass is 499 g/mol. The zero-order valence-electron chi connectivity index (χ0n) is 21.3. The molecule has 0 saturated heterocycles. The number of rotatable bonds is 5. The number of aromatic nitrogens is 6. The first-order valence-electron chi connectivity index (χ1n) is 12.3. The van der Waals surface area contributed by atoms with Crippen molar-refractivity contribution in [1.29, 1.82) is 0 Å². The van der Waals surface area contributed by atoms with Crippen molar-refractivity contribution in [3.63, 3.8) is 0 Å². The molecule has 6 aromatic rings. The van der Waals surface area contributed by atoms with Crippen molar-refractivity contribution >= 4 is 22.8 Å². The summed E-state index contributed by atoms with van der Waals surface area (Å²) in [5.74, 6) is 0.815. The number of fused-ring (bicyclic) bond motifs is 1. The lowest BCUT2D eigenvalue weighted by atomic mass is 10.0. The van der Waals surface area contributed by atoms with Gasteiger partial charge in [-0.15, -0.1) is 0 Å². The van der Waals surface area contributed by atoms with Gasteiger partial charge >= 0.3 is 0 Å². The van der Waals surface area contributed by atoms with Gasteiger partial charge in [0.15, 0.2) is 11.5 Å². The minimum Gasteiger partial charge on any atom is -0.306 e.